The number of likely N-dealkylation sites (tertiary alicyclic amines) is 1. The number of anilines is 1. The number of ether oxygens (including phenoxy) is 1. The number of halogens is 5. The van der Waals surface area contributed by atoms with E-state index in [1.807, 2.05) is 0 Å². The van der Waals surface area contributed by atoms with Crippen molar-refractivity contribution < 1.29 is 32.2 Å². The summed E-state index contributed by atoms with van der Waals surface area (Å²) in [6.07, 6.45) is -5.10. The molecule has 3 aromatic rings. The molecule has 8 nitrogen and oxygen atoms in total. The van der Waals surface area contributed by atoms with E-state index in [2.05, 4.69) is 15.2 Å². The van der Waals surface area contributed by atoms with Gasteiger partial charge in [0.25, 0.3) is 0 Å². The third kappa shape index (κ3) is 6.83. The number of carbonyl (C=O) groups excluding carboxylic acids is 1. The molecule has 2 aliphatic heterocycles. The van der Waals surface area contributed by atoms with Gasteiger partial charge in [0, 0.05) is 30.6 Å². The number of rotatable bonds is 5. The number of thiazole rings is 1. The van der Waals surface area contributed by atoms with Crippen LogP contribution in [0, 0.1) is 0 Å². The van der Waals surface area contributed by atoms with Gasteiger partial charge in [-0.2, -0.15) is 28.4 Å². The lowest BCUT2D eigenvalue weighted by Crippen LogP contribution is -2.53. The molecule has 1 amide bonds. The van der Waals surface area contributed by atoms with Crippen molar-refractivity contribution in [3.63, 3.8) is 0 Å². The highest BCUT2D eigenvalue weighted by Crippen LogP contribution is 2.40. The minimum absolute atomic E-state index is 0.0446. The van der Waals surface area contributed by atoms with E-state index in [0.29, 0.717) is 21.7 Å². The zero-order valence-corrected chi connectivity index (χ0v) is 25.9. The van der Waals surface area contributed by atoms with Gasteiger partial charge in [0.1, 0.15) is 11.8 Å². The summed E-state index contributed by atoms with van der Waals surface area (Å²) in [5, 5.41) is 20.3. The third-order valence-electron chi connectivity index (χ3n) is 7.31. The summed E-state index contributed by atoms with van der Waals surface area (Å²) in [5.41, 5.74) is -0.597. The van der Waals surface area contributed by atoms with E-state index in [4.69, 9.17) is 16.3 Å². The van der Waals surface area contributed by atoms with Gasteiger partial charge in [-0.05, 0) is 67.8 Å². The van der Waals surface area contributed by atoms with E-state index in [-0.39, 0.29) is 46.5 Å². The van der Waals surface area contributed by atoms with Crippen molar-refractivity contribution in [2.45, 2.75) is 57.6 Å². The first-order valence-corrected chi connectivity index (χ1v) is 14.9. The second-order valence-electron chi connectivity index (χ2n) is 11.6. The standard InChI is InChI=1S/C30H30ClF4N5O3S/c1-29(2,3)43-28(42)40-10-9-24(22(32)15-40)39(4)27-37-26(41)25(44-27)20(16-6-8-23-18(11-16)14-36-38-23)12-17-5-7-19(31)13-21(17)30(33,34)35/h5-8,11,13-14,22,24,41H,9-10,12,15H2,1-4H3. The molecule has 1 saturated heterocycles. The number of aromatic nitrogens is 1. The smallest absolute Gasteiger partial charge is 0.416 e. The van der Waals surface area contributed by atoms with Gasteiger partial charge in [-0.25, -0.2) is 9.18 Å². The fourth-order valence-corrected chi connectivity index (χ4v) is 6.39. The maximum atomic E-state index is 15.4. The fraction of sp³-hybridized carbons (Fsp3) is 0.400. The molecule has 0 bridgehead atoms. The Hall–Kier alpha value is -3.71. The zero-order chi connectivity index (χ0) is 32.0. The Morgan fingerprint density at radius 3 is 2.64 bits per heavy atom. The van der Waals surface area contributed by atoms with E-state index < -0.39 is 41.5 Å². The molecule has 1 fully saturated rings. The van der Waals surface area contributed by atoms with Gasteiger partial charge in [0.05, 0.1) is 34.6 Å². The molecule has 3 heterocycles. The van der Waals surface area contributed by atoms with Crippen LogP contribution in [0.1, 0.15) is 48.8 Å². The number of piperidine rings is 1. The van der Waals surface area contributed by atoms with Crippen molar-refractivity contribution in [1.29, 1.82) is 0 Å². The molecule has 14 heteroatoms. The average molecular weight is 652 g/mol. The summed E-state index contributed by atoms with van der Waals surface area (Å²) in [4.78, 5) is 19.9. The van der Waals surface area contributed by atoms with Crippen molar-refractivity contribution in [3.8, 4) is 5.88 Å². The maximum absolute atomic E-state index is 15.4. The van der Waals surface area contributed by atoms with Crippen LogP contribution in [0.25, 0.3) is 5.57 Å². The van der Waals surface area contributed by atoms with Crippen LogP contribution in [0.5, 0.6) is 5.88 Å². The van der Waals surface area contributed by atoms with E-state index in [9.17, 15) is 23.1 Å². The number of carbonyl (C=O) groups is 1. The van der Waals surface area contributed by atoms with E-state index in [1.165, 1.54) is 23.2 Å². The van der Waals surface area contributed by atoms with Crippen LogP contribution >= 0.6 is 22.9 Å². The normalized spacial score (nSPS) is 19.0. The molecular formula is C30H30ClF4N5O3S. The first kappa shape index (κ1) is 31.7. The Balaban J connectivity index is 1.50. The topological polar surface area (TPSA) is 90.6 Å². The number of alkyl halides is 4. The van der Waals surface area contributed by atoms with Crippen molar-refractivity contribution >= 4 is 46.0 Å². The summed E-state index contributed by atoms with van der Waals surface area (Å²) in [7, 11) is 1.64. The largest absolute Gasteiger partial charge is 0.492 e. The van der Waals surface area contributed by atoms with Crippen LogP contribution < -0.4 is 15.5 Å². The first-order chi connectivity index (χ1) is 20.6. The van der Waals surface area contributed by atoms with Gasteiger partial charge >= 0.3 is 12.3 Å². The molecule has 234 valence electrons. The molecule has 5 rings (SSSR count). The van der Waals surface area contributed by atoms with Gasteiger partial charge in [-0.15, -0.1) is 0 Å². The summed E-state index contributed by atoms with van der Waals surface area (Å²) in [6.45, 7) is 5.28. The summed E-state index contributed by atoms with van der Waals surface area (Å²) in [5.74, 6) is -0.394. The average Bonchev–Trinajstić information content (AvgIpc) is 3.56. The summed E-state index contributed by atoms with van der Waals surface area (Å²) in [6, 6.07) is 8.03. The molecule has 1 N–H and O–H groups in total. The third-order valence-corrected chi connectivity index (χ3v) is 8.74. The van der Waals surface area contributed by atoms with E-state index >= 15 is 4.39 Å². The highest BCUT2D eigenvalue weighted by molar-refractivity contribution is 7.17. The van der Waals surface area contributed by atoms with Crippen molar-refractivity contribution in [1.82, 2.24) is 9.88 Å². The molecule has 1 aromatic heterocycles. The van der Waals surface area contributed by atoms with E-state index in [0.717, 1.165) is 17.4 Å². The molecule has 2 unspecified atom stereocenters. The van der Waals surface area contributed by atoms with Crippen molar-refractivity contribution in [2.24, 2.45) is 10.2 Å². The van der Waals surface area contributed by atoms with Gasteiger partial charge < -0.3 is 19.6 Å². The first-order valence-electron chi connectivity index (χ1n) is 13.8. The number of hydrogen-bond acceptors (Lipinski definition) is 8. The number of benzene rings is 2. The highest BCUT2D eigenvalue weighted by atomic mass is 35.5. The predicted octanol–water partition coefficient (Wildman–Crippen LogP) is 5.71. The van der Waals surface area contributed by atoms with Crippen LogP contribution in [0.3, 0.4) is 0 Å². The summed E-state index contributed by atoms with van der Waals surface area (Å²) < 4.78 is 62.9. The maximum Gasteiger partial charge on any atom is 0.416 e. The Morgan fingerprint density at radius 2 is 1.95 bits per heavy atom. The van der Waals surface area contributed by atoms with Crippen molar-refractivity contribution in [3.05, 3.63) is 73.6 Å². The Labute approximate surface area is 259 Å². The number of fused-ring (bicyclic) bond motifs is 1. The van der Waals surface area contributed by atoms with Crippen LogP contribution in [0.4, 0.5) is 27.5 Å². The Bertz CT molecular complexity index is 1740. The SMILES string of the molecule is CN(c1nc(O)c(C(Cc2ccc(Cl)cc2C(F)(F)F)=c2ccc3c(c2)C=NN=3)s1)C1CCN(C(=O)OC(C)(C)C)CC1F. The molecule has 2 aromatic carbocycles. The number of nitrogens with zero attached hydrogens (tertiary/aromatic N) is 5. The second kappa shape index (κ2) is 12.0. The fourth-order valence-electron chi connectivity index (χ4n) is 5.17. The Kier molecular flexibility index (Phi) is 8.65. The molecular weight excluding hydrogens is 622 g/mol. The Morgan fingerprint density at radius 1 is 1.20 bits per heavy atom. The monoisotopic (exact) mass is 651 g/mol. The van der Waals surface area contributed by atoms with Crippen LogP contribution in [-0.4, -0.2) is 65.3 Å². The second-order valence-corrected chi connectivity index (χ2v) is 13.0. The van der Waals surface area contributed by atoms with E-state index in [1.54, 1.807) is 50.9 Å². The van der Waals surface area contributed by atoms with Gasteiger partial charge in [0.15, 0.2) is 5.13 Å². The molecule has 0 spiro atoms. The molecule has 2 aliphatic rings. The predicted molar refractivity (Wildman–Crippen MR) is 161 cm³/mol. The van der Waals surface area contributed by atoms with Gasteiger partial charge in [0.2, 0.25) is 5.88 Å². The minimum atomic E-state index is -4.67. The lowest BCUT2D eigenvalue weighted by atomic mass is 9.96. The quantitative estimate of drug-likeness (QED) is 0.357. The number of hydrogen-bond donors (Lipinski definition) is 1. The lowest BCUT2D eigenvalue weighted by Gasteiger charge is -2.39. The van der Waals surface area contributed by atoms with Gasteiger partial charge in [-0.3, -0.25) is 0 Å². The number of amides is 1. The molecule has 0 aliphatic carbocycles. The van der Waals surface area contributed by atoms with Gasteiger partial charge in [-0.1, -0.05) is 35.1 Å². The molecule has 0 saturated carbocycles. The van der Waals surface area contributed by atoms with Crippen LogP contribution in [-0.2, 0) is 17.3 Å². The molecule has 44 heavy (non-hydrogen) atoms. The number of aromatic hydroxyl groups is 1. The minimum Gasteiger partial charge on any atom is -0.492 e. The lowest BCUT2D eigenvalue weighted by molar-refractivity contribution is -0.138. The zero-order valence-electron chi connectivity index (χ0n) is 24.3. The molecule has 0 radical (unpaired) electrons. The summed E-state index contributed by atoms with van der Waals surface area (Å²) >= 11 is 6.96. The van der Waals surface area contributed by atoms with Crippen molar-refractivity contribution in [2.75, 3.05) is 25.0 Å². The molecule has 2 atom stereocenters. The van der Waals surface area contributed by atoms with Crippen LogP contribution in [0.2, 0.25) is 5.02 Å². The highest BCUT2D eigenvalue weighted by Gasteiger charge is 2.37. The van der Waals surface area contributed by atoms with Crippen LogP contribution in [0.15, 0.2) is 46.6 Å².